The summed E-state index contributed by atoms with van der Waals surface area (Å²) in [5, 5.41) is 0. The average molecular weight is 256 g/mol. The number of hydrogen-bond donors (Lipinski definition) is 1. The summed E-state index contributed by atoms with van der Waals surface area (Å²) in [5.74, 6) is 1.12. The molecular formula is C10H22ClNO2S. The molecular weight excluding hydrogens is 234 g/mol. The molecule has 0 rings (SSSR count). The number of rotatable bonds is 7. The first kappa shape index (κ1) is 15.2. The predicted molar refractivity (Wildman–Crippen MR) is 65.7 cm³/mol. The van der Waals surface area contributed by atoms with Gasteiger partial charge in [-0.2, -0.15) is 0 Å². The van der Waals surface area contributed by atoms with Gasteiger partial charge in [0.15, 0.2) is 0 Å². The van der Waals surface area contributed by atoms with Gasteiger partial charge >= 0.3 is 0 Å². The van der Waals surface area contributed by atoms with Gasteiger partial charge in [0.2, 0.25) is 10.0 Å². The van der Waals surface area contributed by atoms with Crippen LogP contribution in [0.2, 0.25) is 0 Å². The number of sulfonamides is 1. The second-order valence-corrected chi connectivity index (χ2v) is 6.81. The first-order valence-corrected chi connectivity index (χ1v) is 7.53. The molecule has 1 N–H and O–H groups in total. The Balaban J connectivity index is 4.23. The van der Waals surface area contributed by atoms with E-state index in [2.05, 4.69) is 4.72 Å². The van der Waals surface area contributed by atoms with E-state index in [0.29, 0.717) is 18.2 Å². The summed E-state index contributed by atoms with van der Waals surface area (Å²) >= 11 is 5.70. The first-order chi connectivity index (χ1) is 6.78. The van der Waals surface area contributed by atoms with Crippen molar-refractivity contribution in [3.8, 4) is 0 Å². The molecule has 0 saturated carbocycles. The predicted octanol–water partition coefficient (Wildman–Crippen LogP) is 2.22. The molecule has 5 heteroatoms. The van der Waals surface area contributed by atoms with E-state index in [-0.39, 0.29) is 17.7 Å². The molecule has 0 saturated heterocycles. The second kappa shape index (κ2) is 6.71. The summed E-state index contributed by atoms with van der Waals surface area (Å²) in [6.07, 6.45) is 0.683. The normalized spacial score (nSPS) is 14.9. The molecule has 0 bridgehead atoms. The quantitative estimate of drug-likeness (QED) is 0.709. The van der Waals surface area contributed by atoms with Crippen LogP contribution in [-0.2, 0) is 10.0 Å². The third-order valence-electron chi connectivity index (χ3n) is 2.27. The van der Waals surface area contributed by atoms with E-state index in [1.807, 2.05) is 27.7 Å². The van der Waals surface area contributed by atoms with Crippen LogP contribution in [0.15, 0.2) is 0 Å². The van der Waals surface area contributed by atoms with Crippen molar-refractivity contribution in [2.45, 2.75) is 40.2 Å². The zero-order valence-corrected chi connectivity index (χ0v) is 11.5. The van der Waals surface area contributed by atoms with Crippen LogP contribution in [0.3, 0.4) is 0 Å². The molecule has 0 aromatic heterocycles. The van der Waals surface area contributed by atoms with Crippen molar-refractivity contribution in [1.82, 2.24) is 4.72 Å². The van der Waals surface area contributed by atoms with Gasteiger partial charge in [0, 0.05) is 11.9 Å². The van der Waals surface area contributed by atoms with Crippen LogP contribution in [0, 0.1) is 11.8 Å². The van der Waals surface area contributed by atoms with Crippen LogP contribution in [-0.4, -0.2) is 26.1 Å². The molecule has 15 heavy (non-hydrogen) atoms. The Morgan fingerprint density at radius 2 is 1.73 bits per heavy atom. The van der Waals surface area contributed by atoms with Crippen molar-refractivity contribution in [3.63, 3.8) is 0 Å². The lowest BCUT2D eigenvalue weighted by atomic mass is 10.1. The number of hydrogen-bond acceptors (Lipinski definition) is 2. The molecule has 0 heterocycles. The molecule has 0 aromatic rings. The Morgan fingerprint density at radius 3 is 2.07 bits per heavy atom. The largest absolute Gasteiger partial charge is 0.212 e. The monoisotopic (exact) mass is 255 g/mol. The van der Waals surface area contributed by atoms with Crippen molar-refractivity contribution in [2.75, 3.05) is 11.6 Å². The fraction of sp³-hybridized carbons (Fsp3) is 1.00. The molecule has 0 aromatic carbocycles. The minimum Gasteiger partial charge on any atom is -0.212 e. The highest BCUT2D eigenvalue weighted by Gasteiger charge is 2.19. The number of nitrogens with one attached hydrogen (secondary N) is 1. The Labute approximate surface area is 98.6 Å². The molecule has 1 unspecified atom stereocenters. The summed E-state index contributed by atoms with van der Waals surface area (Å²) in [5.41, 5.74) is 0. The molecule has 0 aliphatic heterocycles. The van der Waals surface area contributed by atoms with Gasteiger partial charge in [-0.25, -0.2) is 13.1 Å². The minimum atomic E-state index is -3.17. The van der Waals surface area contributed by atoms with Crippen LogP contribution >= 0.6 is 11.6 Å². The van der Waals surface area contributed by atoms with Crippen molar-refractivity contribution in [1.29, 1.82) is 0 Å². The van der Waals surface area contributed by atoms with Crippen LogP contribution < -0.4 is 4.72 Å². The molecule has 3 nitrogen and oxygen atoms in total. The molecule has 0 aliphatic carbocycles. The van der Waals surface area contributed by atoms with Gasteiger partial charge in [-0.1, -0.05) is 27.7 Å². The molecule has 0 fully saturated rings. The fourth-order valence-electron chi connectivity index (χ4n) is 1.03. The van der Waals surface area contributed by atoms with Crippen LogP contribution in [0.5, 0.6) is 0 Å². The smallest absolute Gasteiger partial charge is 0.211 e. The van der Waals surface area contributed by atoms with Gasteiger partial charge in [-0.05, 0) is 18.3 Å². The van der Waals surface area contributed by atoms with E-state index in [4.69, 9.17) is 11.6 Å². The summed E-state index contributed by atoms with van der Waals surface area (Å²) in [6.45, 7) is 7.93. The Hall–Kier alpha value is 0.200. The van der Waals surface area contributed by atoms with E-state index in [9.17, 15) is 8.42 Å². The maximum atomic E-state index is 11.6. The zero-order chi connectivity index (χ0) is 12.1. The Morgan fingerprint density at radius 1 is 1.20 bits per heavy atom. The van der Waals surface area contributed by atoms with Gasteiger partial charge < -0.3 is 0 Å². The summed E-state index contributed by atoms with van der Waals surface area (Å²) < 4.78 is 25.9. The molecule has 0 amide bonds. The summed E-state index contributed by atoms with van der Waals surface area (Å²) in [6, 6.07) is -0.163. The summed E-state index contributed by atoms with van der Waals surface area (Å²) in [4.78, 5) is 0. The maximum absolute atomic E-state index is 11.6. The minimum absolute atomic E-state index is 0.163. The fourth-order valence-corrected chi connectivity index (χ4v) is 3.27. The van der Waals surface area contributed by atoms with E-state index >= 15 is 0 Å². The Bertz CT molecular complexity index is 263. The topological polar surface area (TPSA) is 46.2 Å². The van der Waals surface area contributed by atoms with Crippen LogP contribution in [0.25, 0.3) is 0 Å². The molecule has 0 radical (unpaired) electrons. The lowest BCUT2D eigenvalue weighted by Crippen LogP contribution is -2.41. The molecule has 1 atom stereocenters. The van der Waals surface area contributed by atoms with Crippen molar-refractivity contribution >= 4 is 21.6 Å². The number of alkyl halides is 1. The van der Waals surface area contributed by atoms with E-state index in [1.165, 1.54) is 0 Å². The van der Waals surface area contributed by atoms with Crippen molar-refractivity contribution in [2.24, 2.45) is 11.8 Å². The summed E-state index contributed by atoms with van der Waals surface area (Å²) in [7, 11) is -3.17. The third kappa shape index (κ3) is 7.14. The highest BCUT2D eigenvalue weighted by molar-refractivity contribution is 7.89. The van der Waals surface area contributed by atoms with E-state index in [1.54, 1.807) is 0 Å². The van der Waals surface area contributed by atoms with Crippen molar-refractivity contribution < 1.29 is 8.42 Å². The number of halogens is 1. The highest BCUT2D eigenvalue weighted by Crippen LogP contribution is 2.07. The van der Waals surface area contributed by atoms with Gasteiger partial charge in [0.25, 0.3) is 0 Å². The first-order valence-electron chi connectivity index (χ1n) is 5.34. The third-order valence-corrected chi connectivity index (χ3v) is 4.03. The SMILES string of the molecule is CC(C)CCS(=O)(=O)NC(CCl)C(C)C. The van der Waals surface area contributed by atoms with E-state index < -0.39 is 10.0 Å². The zero-order valence-electron chi connectivity index (χ0n) is 9.96. The highest BCUT2D eigenvalue weighted by atomic mass is 35.5. The molecule has 0 aliphatic rings. The molecule has 0 spiro atoms. The standard InChI is InChI=1S/C10H22ClNO2S/c1-8(2)5-6-15(13,14)12-10(7-11)9(3)4/h8-10,12H,5-7H2,1-4H3. The van der Waals surface area contributed by atoms with Crippen LogP contribution in [0.1, 0.15) is 34.1 Å². The Kier molecular flexibility index (Phi) is 6.80. The van der Waals surface area contributed by atoms with Crippen molar-refractivity contribution in [3.05, 3.63) is 0 Å². The van der Waals surface area contributed by atoms with E-state index in [0.717, 1.165) is 0 Å². The van der Waals surface area contributed by atoms with Gasteiger partial charge in [-0.3, -0.25) is 0 Å². The van der Waals surface area contributed by atoms with Crippen LogP contribution in [0.4, 0.5) is 0 Å². The maximum Gasteiger partial charge on any atom is 0.211 e. The average Bonchev–Trinajstić information content (AvgIpc) is 2.11. The van der Waals surface area contributed by atoms with Gasteiger partial charge in [-0.15, -0.1) is 11.6 Å². The van der Waals surface area contributed by atoms with Gasteiger partial charge in [0.1, 0.15) is 0 Å². The van der Waals surface area contributed by atoms with Gasteiger partial charge in [0.05, 0.1) is 5.75 Å². The second-order valence-electron chi connectivity index (χ2n) is 4.62. The lowest BCUT2D eigenvalue weighted by molar-refractivity contribution is 0.477. The lowest BCUT2D eigenvalue weighted by Gasteiger charge is -2.19. The molecule has 92 valence electrons.